The monoisotopic (exact) mass is 169 g/mol. The van der Waals surface area contributed by atoms with Crippen molar-refractivity contribution in [3.8, 4) is 0 Å². The molecule has 0 unspecified atom stereocenters. The molecule has 0 saturated carbocycles. The highest BCUT2D eigenvalue weighted by Gasteiger charge is 2.04. The number of aromatic nitrogens is 1. The van der Waals surface area contributed by atoms with Crippen LogP contribution in [0.5, 0.6) is 0 Å². The SMILES string of the molecule is Cc1nc(C)c(CNCCN)o1. The molecular formula is C8H15N3O. The van der Waals surface area contributed by atoms with Gasteiger partial charge in [-0.2, -0.15) is 0 Å². The third-order valence-electron chi connectivity index (χ3n) is 1.61. The van der Waals surface area contributed by atoms with E-state index < -0.39 is 0 Å². The molecule has 4 nitrogen and oxygen atoms in total. The number of nitrogens with one attached hydrogen (secondary N) is 1. The molecule has 1 heterocycles. The van der Waals surface area contributed by atoms with Gasteiger partial charge in [-0.05, 0) is 6.92 Å². The summed E-state index contributed by atoms with van der Waals surface area (Å²) >= 11 is 0. The highest BCUT2D eigenvalue weighted by Crippen LogP contribution is 2.07. The van der Waals surface area contributed by atoms with Gasteiger partial charge in [0.1, 0.15) is 5.76 Å². The van der Waals surface area contributed by atoms with Crippen LogP contribution in [0.2, 0.25) is 0 Å². The van der Waals surface area contributed by atoms with Crippen molar-refractivity contribution in [2.24, 2.45) is 5.73 Å². The maximum Gasteiger partial charge on any atom is 0.191 e. The normalized spacial score (nSPS) is 10.6. The van der Waals surface area contributed by atoms with Crippen LogP contribution in [0.15, 0.2) is 4.42 Å². The quantitative estimate of drug-likeness (QED) is 0.638. The van der Waals surface area contributed by atoms with Gasteiger partial charge in [0.2, 0.25) is 0 Å². The molecule has 0 bridgehead atoms. The smallest absolute Gasteiger partial charge is 0.191 e. The van der Waals surface area contributed by atoms with Crippen LogP contribution in [-0.2, 0) is 6.54 Å². The van der Waals surface area contributed by atoms with Crippen LogP contribution in [0.4, 0.5) is 0 Å². The van der Waals surface area contributed by atoms with Crippen LogP contribution in [0, 0.1) is 13.8 Å². The average Bonchev–Trinajstić information content (AvgIpc) is 2.31. The van der Waals surface area contributed by atoms with E-state index in [1.165, 1.54) is 0 Å². The van der Waals surface area contributed by atoms with Gasteiger partial charge in [0, 0.05) is 20.0 Å². The van der Waals surface area contributed by atoms with Crippen molar-refractivity contribution in [3.05, 3.63) is 17.3 Å². The van der Waals surface area contributed by atoms with Gasteiger partial charge in [0.05, 0.1) is 12.2 Å². The summed E-state index contributed by atoms with van der Waals surface area (Å²) in [4.78, 5) is 4.15. The Balaban J connectivity index is 2.45. The first-order valence-corrected chi connectivity index (χ1v) is 4.07. The summed E-state index contributed by atoms with van der Waals surface area (Å²) in [6.45, 7) is 5.95. The predicted octanol–water partition coefficient (Wildman–Crippen LogP) is 0.340. The summed E-state index contributed by atoms with van der Waals surface area (Å²) in [7, 11) is 0. The second-order valence-electron chi connectivity index (χ2n) is 2.71. The zero-order valence-corrected chi connectivity index (χ0v) is 7.55. The Bertz CT molecular complexity index is 244. The molecule has 0 radical (unpaired) electrons. The third-order valence-corrected chi connectivity index (χ3v) is 1.61. The van der Waals surface area contributed by atoms with Gasteiger partial charge in [-0.1, -0.05) is 0 Å². The molecule has 0 atom stereocenters. The van der Waals surface area contributed by atoms with Crippen LogP contribution in [-0.4, -0.2) is 18.1 Å². The molecule has 1 aromatic heterocycles. The van der Waals surface area contributed by atoms with Crippen LogP contribution >= 0.6 is 0 Å². The van der Waals surface area contributed by atoms with Crippen LogP contribution in [0.3, 0.4) is 0 Å². The molecule has 4 heteroatoms. The molecule has 0 fully saturated rings. The topological polar surface area (TPSA) is 64.1 Å². The number of nitrogens with two attached hydrogens (primary N) is 1. The largest absolute Gasteiger partial charge is 0.444 e. The van der Waals surface area contributed by atoms with Crippen LogP contribution < -0.4 is 11.1 Å². The summed E-state index contributed by atoms with van der Waals surface area (Å²) < 4.78 is 5.35. The molecular weight excluding hydrogens is 154 g/mol. The van der Waals surface area contributed by atoms with E-state index in [4.69, 9.17) is 10.2 Å². The number of rotatable bonds is 4. The number of hydrogen-bond donors (Lipinski definition) is 2. The van der Waals surface area contributed by atoms with Gasteiger partial charge in [-0.15, -0.1) is 0 Å². The highest BCUT2D eigenvalue weighted by atomic mass is 16.4. The Morgan fingerprint density at radius 1 is 1.50 bits per heavy atom. The van der Waals surface area contributed by atoms with Crippen molar-refractivity contribution < 1.29 is 4.42 Å². The van der Waals surface area contributed by atoms with E-state index in [9.17, 15) is 0 Å². The molecule has 0 spiro atoms. The van der Waals surface area contributed by atoms with Gasteiger partial charge < -0.3 is 15.5 Å². The van der Waals surface area contributed by atoms with E-state index in [1.807, 2.05) is 13.8 Å². The fourth-order valence-electron chi connectivity index (χ4n) is 1.04. The third kappa shape index (κ3) is 2.32. The molecule has 0 aliphatic rings. The van der Waals surface area contributed by atoms with Crippen LogP contribution in [0.25, 0.3) is 0 Å². The van der Waals surface area contributed by atoms with Crippen LogP contribution in [0.1, 0.15) is 17.3 Å². The number of oxazole rings is 1. The first-order valence-electron chi connectivity index (χ1n) is 4.07. The lowest BCUT2D eigenvalue weighted by atomic mass is 10.3. The minimum absolute atomic E-state index is 0.645. The Morgan fingerprint density at radius 2 is 2.25 bits per heavy atom. The highest BCUT2D eigenvalue weighted by molar-refractivity contribution is 5.06. The molecule has 1 rings (SSSR count). The van der Waals surface area contributed by atoms with Crippen molar-refractivity contribution in [3.63, 3.8) is 0 Å². The minimum Gasteiger partial charge on any atom is -0.444 e. The van der Waals surface area contributed by atoms with E-state index in [2.05, 4.69) is 10.3 Å². The van der Waals surface area contributed by atoms with E-state index in [0.717, 1.165) is 23.9 Å². The fourth-order valence-corrected chi connectivity index (χ4v) is 1.04. The summed E-state index contributed by atoms with van der Waals surface area (Å²) in [6, 6.07) is 0. The standard InChI is InChI=1S/C8H15N3O/c1-6-8(5-10-4-3-9)12-7(2)11-6/h10H,3-5,9H2,1-2H3. The van der Waals surface area contributed by atoms with Gasteiger partial charge in [-0.3, -0.25) is 0 Å². The van der Waals surface area contributed by atoms with E-state index in [0.29, 0.717) is 13.1 Å². The van der Waals surface area contributed by atoms with Gasteiger partial charge in [0.15, 0.2) is 5.89 Å². The molecule has 0 saturated heterocycles. The number of aryl methyl sites for hydroxylation is 2. The van der Waals surface area contributed by atoms with Crippen molar-refractivity contribution >= 4 is 0 Å². The lowest BCUT2D eigenvalue weighted by molar-refractivity contribution is 0.455. The van der Waals surface area contributed by atoms with Crippen molar-refractivity contribution in [1.29, 1.82) is 0 Å². The Kier molecular flexibility index (Phi) is 3.25. The molecule has 0 aliphatic heterocycles. The van der Waals surface area contributed by atoms with E-state index in [-0.39, 0.29) is 0 Å². The predicted molar refractivity (Wildman–Crippen MR) is 46.7 cm³/mol. The Labute approximate surface area is 72.2 Å². The van der Waals surface area contributed by atoms with Gasteiger partial charge in [-0.25, -0.2) is 4.98 Å². The fraction of sp³-hybridized carbons (Fsp3) is 0.625. The zero-order valence-electron chi connectivity index (χ0n) is 7.55. The summed E-state index contributed by atoms with van der Waals surface area (Å²) in [5, 5.41) is 3.15. The molecule has 68 valence electrons. The maximum atomic E-state index is 5.35. The molecule has 0 aliphatic carbocycles. The summed E-state index contributed by atoms with van der Waals surface area (Å²) in [6.07, 6.45) is 0. The van der Waals surface area contributed by atoms with E-state index >= 15 is 0 Å². The molecule has 0 amide bonds. The van der Waals surface area contributed by atoms with Crippen molar-refractivity contribution in [2.75, 3.05) is 13.1 Å². The summed E-state index contributed by atoms with van der Waals surface area (Å²) in [5.74, 6) is 1.62. The number of hydrogen-bond acceptors (Lipinski definition) is 4. The molecule has 3 N–H and O–H groups in total. The Hall–Kier alpha value is -0.870. The number of nitrogens with zero attached hydrogens (tertiary/aromatic N) is 1. The van der Waals surface area contributed by atoms with Crippen molar-refractivity contribution in [2.45, 2.75) is 20.4 Å². The first-order chi connectivity index (χ1) is 5.74. The van der Waals surface area contributed by atoms with E-state index in [1.54, 1.807) is 0 Å². The zero-order chi connectivity index (χ0) is 8.97. The van der Waals surface area contributed by atoms with Gasteiger partial charge >= 0.3 is 0 Å². The molecule has 1 aromatic rings. The summed E-state index contributed by atoms with van der Waals surface area (Å²) in [5.41, 5.74) is 6.28. The Morgan fingerprint density at radius 3 is 2.75 bits per heavy atom. The second-order valence-corrected chi connectivity index (χ2v) is 2.71. The molecule has 12 heavy (non-hydrogen) atoms. The lowest BCUT2D eigenvalue weighted by Gasteiger charge is -1.98. The van der Waals surface area contributed by atoms with Crippen molar-refractivity contribution in [1.82, 2.24) is 10.3 Å². The average molecular weight is 169 g/mol. The second kappa shape index (κ2) is 4.23. The minimum atomic E-state index is 0.645. The maximum absolute atomic E-state index is 5.35. The van der Waals surface area contributed by atoms with Gasteiger partial charge in [0.25, 0.3) is 0 Å². The lowest BCUT2D eigenvalue weighted by Crippen LogP contribution is -2.21. The molecule has 0 aromatic carbocycles. The first kappa shape index (κ1) is 9.22.